The van der Waals surface area contributed by atoms with E-state index in [0.717, 1.165) is 48.1 Å². The standard InChI is InChI=1S/C32H37FN4O6S/c1-19-5-10-25(11-6-19)44(41,42)37-28(17-24-9-7-20-4-3-13-34-31(20)35-24)22-14-23(15-22)32(40)36-27(18-30(38)39)21-8-12-29(43-2)26(33)16-21/h5-12,16,22-23,27-28,37H,3-4,13-15,17-18H2,1-2H3,(H,34,35)(H,36,40)(H,38,39)/t22?,23?,27-,28?/m0/s1. The first-order chi connectivity index (χ1) is 21.0. The number of aromatic nitrogens is 1. The largest absolute Gasteiger partial charge is 0.494 e. The van der Waals surface area contributed by atoms with Crippen molar-refractivity contribution in [2.75, 3.05) is 19.0 Å². The zero-order chi connectivity index (χ0) is 31.4. The SMILES string of the molecule is COc1ccc([C@H](CC(=O)O)NC(=O)C2CC(C(Cc3ccc4c(n3)NCCC4)NS(=O)(=O)c3ccc(C)cc3)C2)cc1F. The fourth-order valence-electron chi connectivity index (χ4n) is 5.82. The van der Waals surface area contributed by atoms with Gasteiger partial charge in [0.25, 0.3) is 0 Å². The second-order valence-electron chi connectivity index (χ2n) is 11.6. The second-order valence-corrected chi connectivity index (χ2v) is 13.3. The first kappa shape index (κ1) is 31.4. The third-order valence-corrected chi connectivity index (χ3v) is 9.91. The molecule has 44 heavy (non-hydrogen) atoms. The van der Waals surface area contributed by atoms with Gasteiger partial charge in [0.05, 0.1) is 24.5 Å². The van der Waals surface area contributed by atoms with Crippen LogP contribution in [0.2, 0.25) is 0 Å². The van der Waals surface area contributed by atoms with E-state index in [1.807, 2.05) is 19.1 Å². The van der Waals surface area contributed by atoms with Crippen molar-refractivity contribution in [3.63, 3.8) is 0 Å². The van der Waals surface area contributed by atoms with Crippen LogP contribution in [0.5, 0.6) is 5.75 Å². The number of pyridine rings is 1. The van der Waals surface area contributed by atoms with Crippen molar-refractivity contribution < 1.29 is 32.2 Å². The van der Waals surface area contributed by atoms with Gasteiger partial charge in [0.15, 0.2) is 11.6 Å². The zero-order valence-electron chi connectivity index (χ0n) is 24.7. The molecule has 1 unspecified atom stereocenters. The van der Waals surface area contributed by atoms with Crippen LogP contribution >= 0.6 is 0 Å². The van der Waals surface area contributed by atoms with Gasteiger partial charge in [0.2, 0.25) is 15.9 Å². The van der Waals surface area contributed by atoms with Crippen LogP contribution in [0.25, 0.3) is 0 Å². The van der Waals surface area contributed by atoms with Crippen LogP contribution in [0.3, 0.4) is 0 Å². The van der Waals surface area contributed by atoms with Gasteiger partial charge in [-0.05, 0) is 80.0 Å². The lowest BCUT2D eigenvalue weighted by Gasteiger charge is -2.40. The molecule has 12 heteroatoms. The van der Waals surface area contributed by atoms with E-state index in [1.54, 1.807) is 24.3 Å². The highest BCUT2D eigenvalue weighted by atomic mass is 32.2. The number of nitrogens with one attached hydrogen (secondary N) is 3. The van der Waals surface area contributed by atoms with E-state index in [-0.39, 0.29) is 22.5 Å². The van der Waals surface area contributed by atoms with Gasteiger partial charge in [0.1, 0.15) is 5.82 Å². The molecule has 1 aliphatic heterocycles. The molecule has 1 fully saturated rings. The fraction of sp³-hybridized carbons (Fsp3) is 0.406. The van der Waals surface area contributed by atoms with Gasteiger partial charge in [-0.25, -0.2) is 22.5 Å². The van der Waals surface area contributed by atoms with Crippen LogP contribution in [0.15, 0.2) is 59.5 Å². The molecule has 0 spiro atoms. The molecule has 1 saturated carbocycles. The number of methoxy groups -OCH3 is 1. The van der Waals surface area contributed by atoms with Crippen molar-refractivity contribution in [2.24, 2.45) is 11.8 Å². The van der Waals surface area contributed by atoms with Crippen LogP contribution in [0, 0.1) is 24.6 Å². The van der Waals surface area contributed by atoms with Crippen LogP contribution in [-0.2, 0) is 32.5 Å². The molecule has 3 aromatic rings. The molecule has 0 radical (unpaired) electrons. The maximum atomic E-state index is 14.4. The molecule has 1 amide bonds. The lowest BCUT2D eigenvalue weighted by molar-refractivity contribution is -0.138. The quantitative estimate of drug-likeness (QED) is 0.235. The number of amides is 1. The minimum Gasteiger partial charge on any atom is -0.494 e. The summed E-state index contributed by atoms with van der Waals surface area (Å²) in [6.07, 6.45) is 2.67. The number of carboxylic acid groups (broad SMARTS) is 1. The fourth-order valence-corrected chi connectivity index (χ4v) is 7.12. The number of ether oxygens (including phenoxy) is 1. The molecule has 0 saturated heterocycles. The van der Waals surface area contributed by atoms with Crippen LogP contribution in [0.1, 0.15) is 54.1 Å². The van der Waals surface area contributed by atoms with E-state index in [0.29, 0.717) is 24.8 Å². The highest BCUT2D eigenvalue weighted by Crippen LogP contribution is 2.39. The van der Waals surface area contributed by atoms with E-state index in [1.165, 1.54) is 19.2 Å². The third-order valence-electron chi connectivity index (χ3n) is 8.41. The molecular weight excluding hydrogens is 587 g/mol. The zero-order valence-corrected chi connectivity index (χ0v) is 25.5. The smallest absolute Gasteiger partial charge is 0.305 e. The summed E-state index contributed by atoms with van der Waals surface area (Å²) in [4.78, 5) is 29.7. The monoisotopic (exact) mass is 624 g/mol. The summed E-state index contributed by atoms with van der Waals surface area (Å²) < 4.78 is 49.0. The maximum Gasteiger partial charge on any atom is 0.305 e. The molecule has 2 heterocycles. The first-order valence-corrected chi connectivity index (χ1v) is 16.2. The molecule has 2 atom stereocenters. The summed E-state index contributed by atoms with van der Waals surface area (Å²) in [7, 11) is -2.53. The number of carbonyl (C=O) groups excluding carboxylic acids is 1. The van der Waals surface area contributed by atoms with Gasteiger partial charge in [0, 0.05) is 30.6 Å². The Bertz CT molecular complexity index is 1630. The highest BCUT2D eigenvalue weighted by molar-refractivity contribution is 7.89. The van der Waals surface area contributed by atoms with Gasteiger partial charge in [-0.3, -0.25) is 9.59 Å². The molecule has 2 aliphatic rings. The molecule has 2 aromatic carbocycles. The highest BCUT2D eigenvalue weighted by Gasteiger charge is 2.41. The average Bonchev–Trinajstić information content (AvgIpc) is 2.95. The molecule has 1 aliphatic carbocycles. The molecule has 4 N–H and O–H groups in total. The summed E-state index contributed by atoms with van der Waals surface area (Å²) in [5.41, 5.74) is 3.12. The Morgan fingerprint density at radius 3 is 2.57 bits per heavy atom. The van der Waals surface area contributed by atoms with Crippen molar-refractivity contribution in [1.82, 2.24) is 15.0 Å². The number of carboxylic acids is 1. The van der Waals surface area contributed by atoms with Gasteiger partial charge < -0.3 is 20.5 Å². The maximum absolute atomic E-state index is 14.4. The number of benzene rings is 2. The number of anilines is 1. The number of halogens is 1. The van der Waals surface area contributed by atoms with Crippen LogP contribution in [0.4, 0.5) is 10.2 Å². The Hall–Kier alpha value is -4.03. The van der Waals surface area contributed by atoms with Gasteiger partial charge in [-0.2, -0.15) is 0 Å². The molecule has 234 valence electrons. The van der Waals surface area contributed by atoms with Crippen molar-refractivity contribution in [1.29, 1.82) is 0 Å². The van der Waals surface area contributed by atoms with Crippen molar-refractivity contribution in [3.05, 3.63) is 82.8 Å². The molecular formula is C32H37FN4O6S. The number of nitrogens with zero attached hydrogens (tertiary/aromatic N) is 1. The Balaban J connectivity index is 1.31. The normalized spacial score (nSPS) is 19.1. The average molecular weight is 625 g/mol. The number of rotatable bonds is 12. The van der Waals surface area contributed by atoms with Crippen molar-refractivity contribution in [2.45, 2.75) is 62.4 Å². The number of hydrogen-bond donors (Lipinski definition) is 4. The summed E-state index contributed by atoms with van der Waals surface area (Å²) in [5.74, 6) is -1.95. The van der Waals surface area contributed by atoms with E-state index in [2.05, 4.69) is 15.4 Å². The Labute approximate surface area is 256 Å². The van der Waals surface area contributed by atoms with Crippen LogP contribution < -0.4 is 20.1 Å². The first-order valence-electron chi connectivity index (χ1n) is 14.7. The topological polar surface area (TPSA) is 147 Å². The predicted molar refractivity (Wildman–Crippen MR) is 162 cm³/mol. The number of fused-ring (bicyclic) bond motifs is 1. The lowest BCUT2D eigenvalue weighted by atomic mass is 9.70. The summed E-state index contributed by atoms with van der Waals surface area (Å²) >= 11 is 0. The summed E-state index contributed by atoms with van der Waals surface area (Å²) in [6, 6.07) is 13.2. The molecule has 10 nitrogen and oxygen atoms in total. The van der Waals surface area contributed by atoms with E-state index in [9.17, 15) is 27.5 Å². The summed E-state index contributed by atoms with van der Waals surface area (Å²) in [6.45, 7) is 2.71. The Kier molecular flexibility index (Phi) is 9.50. The number of aliphatic carboxylic acids is 1. The van der Waals surface area contributed by atoms with Gasteiger partial charge >= 0.3 is 5.97 Å². The minimum absolute atomic E-state index is 0.0133. The number of carbonyl (C=O) groups is 2. The predicted octanol–water partition coefficient (Wildman–Crippen LogP) is 4.14. The van der Waals surface area contributed by atoms with E-state index in [4.69, 9.17) is 9.72 Å². The van der Waals surface area contributed by atoms with E-state index >= 15 is 0 Å². The minimum atomic E-state index is -3.86. The molecule has 1 aromatic heterocycles. The number of hydrogen-bond acceptors (Lipinski definition) is 7. The van der Waals surface area contributed by atoms with Gasteiger partial charge in [-0.15, -0.1) is 0 Å². The third kappa shape index (κ3) is 7.36. The molecule has 5 rings (SSSR count). The molecule has 0 bridgehead atoms. The number of sulfonamides is 1. The van der Waals surface area contributed by atoms with Gasteiger partial charge in [-0.1, -0.05) is 29.8 Å². The Morgan fingerprint density at radius 1 is 1.14 bits per heavy atom. The van der Waals surface area contributed by atoms with Crippen molar-refractivity contribution >= 4 is 27.7 Å². The summed E-state index contributed by atoms with van der Waals surface area (Å²) in [5, 5.41) is 15.5. The van der Waals surface area contributed by atoms with Crippen LogP contribution in [-0.4, -0.2) is 50.1 Å². The number of aryl methyl sites for hydroxylation is 2. The van der Waals surface area contributed by atoms with E-state index < -0.39 is 46.2 Å². The second kappa shape index (κ2) is 13.3. The lowest BCUT2D eigenvalue weighted by Crippen LogP contribution is -2.50. The Morgan fingerprint density at radius 2 is 1.89 bits per heavy atom. The van der Waals surface area contributed by atoms with Crippen molar-refractivity contribution in [3.8, 4) is 5.75 Å².